The first-order valence-electron chi connectivity index (χ1n) is 12.4. The zero-order chi connectivity index (χ0) is 24.9. The summed E-state index contributed by atoms with van der Waals surface area (Å²) >= 11 is 11.5. The number of benzene rings is 1. The average molecular weight is 527 g/mol. The number of hydrogen-bond donors (Lipinski definition) is 2. The highest BCUT2D eigenvalue weighted by atomic mass is 35.5. The van der Waals surface area contributed by atoms with Crippen molar-refractivity contribution in [2.75, 3.05) is 54.5 Å². The molecule has 2 fully saturated rings. The van der Waals surface area contributed by atoms with Crippen LogP contribution in [0.5, 0.6) is 0 Å². The molecule has 8 nitrogen and oxygen atoms in total. The Hall–Kier alpha value is -2.88. The first-order chi connectivity index (χ1) is 17.5. The minimum absolute atomic E-state index is 0.441. The lowest BCUT2D eigenvalue weighted by Crippen LogP contribution is -2.38. The molecule has 1 unspecified atom stereocenters. The fraction of sp³-hybridized carbons (Fsp3) is 0.423. The van der Waals surface area contributed by atoms with Crippen LogP contribution in [0.4, 0.5) is 17.6 Å². The molecule has 190 valence electrons. The number of nitrogens with one attached hydrogen (secondary N) is 2. The standard InChI is InChI=1S/C26H31ClN6O2S/c1-18-3-2-10-33(17-18)24-15-23(32-11-13-34-14-12-32)29-25(30-24)31-26(36)28-16-21-8-9-22(35-21)19-4-6-20(27)7-5-19/h4-9,15,18H,2-3,10-14,16-17H2,1H3,(H2,28,29,30,31,36). The second-order valence-corrected chi connectivity index (χ2v) is 10.1. The number of rotatable bonds is 6. The Balaban J connectivity index is 1.26. The van der Waals surface area contributed by atoms with Crippen molar-refractivity contribution in [3.8, 4) is 11.3 Å². The van der Waals surface area contributed by atoms with Crippen molar-refractivity contribution < 1.29 is 9.15 Å². The number of piperidine rings is 1. The summed E-state index contributed by atoms with van der Waals surface area (Å²) in [6.07, 6.45) is 2.42. The van der Waals surface area contributed by atoms with E-state index >= 15 is 0 Å². The first-order valence-corrected chi connectivity index (χ1v) is 13.2. The largest absolute Gasteiger partial charge is 0.459 e. The topological polar surface area (TPSA) is 78.7 Å². The Morgan fingerprint density at radius 2 is 1.81 bits per heavy atom. The molecule has 1 aromatic carbocycles. The molecule has 2 aliphatic heterocycles. The van der Waals surface area contributed by atoms with E-state index < -0.39 is 0 Å². The van der Waals surface area contributed by atoms with Crippen molar-refractivity contribution in [1.82, 2.24) is 15.3 Å². The molecule has 3 aromatic rings. The van der Waals surface area contributed by atoms with E-state index in [1.165, 1.54) is 12.8 Å². The van der Waals surface area contributed by atoms with Gasteiger partial charge < -0.3 is 29.6 Å². The molecule has 2 aliphatic rings. The van der Waals surface area contributed by atoms with Crippen LogP contribution in [0.2, 0.25) is 5.02 Å². The summed E-state index contributed by atoms with van der Waals surface area (Å²) in [6, 6.07) is 13.5. The minimum Gasteiger partial charge on any atom is -0.459 e. The van der Waals surface area contributed by atoms with Crippen molar-refractivity contribution in [3.63, 3.8) is 0 Å². The second-order valence-electron chi connectivity index (χ2n) is 9.28. The van der Waals surface area contributed by atoms with Gasteiger partial charge in [0.25, 0.3) is 0 Å². The van der Waals surface area contributed by atoms with Gasteiger partial charge >= 0.3 is 0 Å². The van der Waals surface area contributed by atoms with Gasteiger partial charge in [0.2, 0.25) is 5.95 Å². The monoisotopic (exact) mass is 526 g/mol. The molecule has 0 amide bonds. The molecule has 2 aromatic heterocycles. The van der Waals surface area contributed by atoms with E-state index in [1.54, 1.807) is 0 Å². The summed E-state index contributed by atoms with van der Waals surface area (Å²) in [7, 11) is 0. The van der Waals surface area contributed by atoms with Crippen LogP contribution in [0.1, 0.15) is 25.5 Å². The van der Waals surface area contributed by atoms with E-state index in [0.29, 0.717) is 41.8 Å². The van der Waals surface area contributed by atoms with Crippen LogP contribution >= 0.6 is 23.8 Å². The fourth-order valence-corrected chi connectivity index (χ4v) is 4.84. The number of aromatic nitrogens is 2. The van der Waals surface area contributed by atoms with E-state index in [9.17, 15) is 0 Å². The van der Waals surface area contributed by atoms with Gasteiger partial charge in [-0.15, -0.1) is 0 Å². The summed E-state index contributed by atoms with van der Waals surface area (Å²) in [5.41, 5.74) is 0.972. The number of halogens is 1. The van der Waals surface area contributed by atoms with Crippen LogP contribution in [0.3, 0.4) is 0 Å². The van der Waals surface area contributed by atoms with Gasteiger partial charge in [0.15, 0.2) is 5.11 Å². The lowest BCUT2D eigenvalue weighted by atomic mass is 10.0. The number of morpholine rings is 1. The van der Waals surface area contributed by atoms with Crippen LogP contribution in [-0.2, 0) is 11.3 Å². The molecule has 2 saturated heterocycles. The van der Waals surface area contributed by atoms with Gasteiger partial charge in [0.05, 0.1) is 19.8 Å². The Morgan fingerprint density at radius 1 is 1.06 bits per heavy atom. The van der Waals surface area contributed by atoms with E-state index in [2.05, 4.69) is 33.4 Å². The van der Waals surface area contributed by atoms with E-state index in [1.807, 2.05) is 36.4 Å². The van der Waals surface area contributed by atoms with Crippen LogP contribution in [0.15, 0.2) is 46.9 Å². The third kappa shape index (κ3) is 6.27. The minimum atomic E-state index is 0.441. The lowest BCUT2D eigenvalue weighted by molar-refractivity contribution is 0.122. The van der Waals surface area contributed by atoms with Crippen molar-refractivity contribution in [3.05, 3.63) is 53.2 Å². The molecule has 2 N–H and O–H groups in total. The third-order valence-corrected chi connectivity index (χ3v) is 6.95. The number of nitrogens with zero attached hydrogens (tertiary/aromatic N) is 4. The maximum atomic E-state index is 5.99. The summed E-state index contributed by atoms with van der Waals surface area (Å²) in [4.78, 5) is 14.2. The number of thiocarbonyl (C=S) groups is 1. The SMILES string of the molecule is CC1CCCN(c2cc(N3CCOCC3)nc(NC(=S)NCc3ccc(-c4ccc(Cl)cc4)o3)n2)C1. The van der Waals surface area contributed by atoms with Crippen molar-refractivity contribution in [2.45, 2.75) is 26.3 Å². The highest BCUT2D eigenvalue weighted by Crippen LogP contribution is 2.27. The summed E-state index contributed by atoms with van der Waals surface area (Å²) < 4.78 is 11.5. The van der Waals surface area contributed by atoms with Crippen LogP contribution in [-0.4, -0.2) is 54.5 Å². The molecule has 4 heterocycles. The predicted molar refractivity (Wildman–Crippen MR) is 148 cm³/mol. The number of hydrogen-bond acceptors (Lipinski definition) is 7. The molecule has 0 bridgehead atoms. The van der Waals surface area contributed by atoms with Gasteiger partial charge in [-0.25, -0.2) is 0 Å². The molecule has 0 aliphatic carbocycles. The average Bonchev–Trinajstić information content (AvgIpc) is 3.37. The maximum Gasteiger partial charge on any atom is 0.232 e. The molecule has 1 atom stereocenters. The van der Waals surface area contributed by atoms with Gasteiger partial charge in [-0.1, -0.05) is 18.5 Å². The van der Waals surface area contributed by atoms with Crippen LogP contribution in [0, 0.1) is 5.92 Å². The molecule has 0 radical (unpaired) electrons. The van der Waals surface area contributed by atoms with E-state index in [0.717, 1.165) is 54.9 Å². The number of ether oxygens (including phenoxy) is 1. The Bertz CT molecular complexity index is 1180. The van der Waals surface area contributed by atoms with Gasteiger partial charge in [-0.2, -0.15) is 9.97 Å². The van der Waals surface area contributed by atoms with E-state index in [-0.39, 0.29) is 0 Å². The molecule has 36 heavy (non-hydrogen) atoms. The molecular formula is C26H31ClN6O2S. The Kier molecular flexibility index (Phi) is 7.89. The molecule has 0 saturated carbocycles. The van der Waals surface area contributed by atoms with Crippen molar-refractivity contribution in [1.29, 1.82) is 0 Å². The fourth-order valence-electron chi connectivity index (χ4n) is 4.55. The lowest BCUT2D eigenvalue weighted by Gasteiger charge is -2.33. The van der Waals surface area contributed by atoms with Gasteiger partial charge in [-0.05, 0) is 67.4 Å². The summed E-state index contributed by atoms with van der Waals surface area (Å²) in [5, 5.41) is 7.53. The van der Waals surface area contributed by atoms with Gasteiger partial charge in [-0.3, -0.25) is 0 Å². The highest BCUT2D eigenvalue weighted by Gasteiger charge is 2.21. The smallest absolute Gasteiger partial charge is 0.232 e. The van der Waals surface area contributed by atoms with Gasteiger partial charge in [0, 0.05) is 42.8 Å². The molecule has 5 rings (SSSR count). The number of furan rings is 1. The van der Waals surface area contributed by atoms with Crippen molar-refractivity contribution >= 4 is 46.5 Å². The third-order valence-electron chi connectivity index (χ3n) is 6.45. The molecule has 10 heteroatoms. The molecule has 0 spiro atoms. The van der Waals surface area contributed by atoms with Crippen LogP contribution < -0.4 is 20.4 Å². The summed E-state index contributed by atoms with van der Waals surface area (Å²) in [6.45, 7) is 7.75. The molecular weight excluding hydrogens is 496 g/mol. The first kappa shape index (κ1) is 24.8. The van der Waals surface area contributed by atoms with E-state index in [4.69, 9.17) is 42.9 Å². The second kappa shape index (κ2) is 11.5. The predicted octanol–water partition coefficient (Wildman–Crippen LogP) is 4.95. The number of anilines is 3. The van der Waals surface area contributed by atoms with Crippen LogP contribution in [0.25, 0.3) is 11.3 Å². The Morgan fingerprint density at radius 3 is 2.56 bits per heavy atom. The van der Waals surface area contributed by atoms with Gasteiger partial charge in [0.1, 0.15) is 23.2 Å². The zero-order valence-electron chi connectivity index (χ0n) is 20.4. The van der Waals surface area contributed by atoms with Crippen molar-refractivity contribution in [2.24, 2.45) is 5.92 Å². The quantitative estimate of drug-likeness (QED) is 0.434. The maximum absolute atomic E-state index is 5.99. The normalized spacial score (nSPS) is 18.2. The summed E-state index contributed by atoms with van der Waals surface area (Å²) in [5.74, 6) is 4.52. The zero-order valence-corrected chi connectivity index (χ0v) is 21.9. The Labute approximate surface area is 222 Å². The highest BCUT2D eigenvalue weighted by molar-refractivity contribution is 7.80.